The van der Waals surface area contributed by atoms with Crippen molar-refractivity contribution in [3.05, 3.63) is 23.0 Å². The summed E-state index contributed by atoms with van der Waals surface area (Å²) in [5.74, 6) is 2.81. The number of phenols is 2. The number of halogens is 1. The second-order valence-corrected chi connectivity index (χ2v) is 2.98. The highest BCUT2D eigenvalue weighted by atomic mass is 19.1. The molecule has 0 aliphatic rings. The van der Waals surface area contributed by atoms with Gasteiger partial charge in [0.05, 0.1) is 6.61 Å². The number of benzene rings is 1. The molecule has 0 saturated heterocycles. The molecule has 0 saturated carbocycles. The zero-order chi connectivity index (χ0) is 10.7. The van der Waals surface area contributed by atoms with Crippen LogP contribution in [0.1, 0.15) is 11.1 Å². The van der Waals surface area contributed by atoms with E-state index in [2.05, 4.69) is 4.84 Å². The van der Waals surface area contributed by atoms with Crippen LogP contribution in [0.5, 0.6) is 11.5 Å². The lowest BCUT2D eigenvalue weighted by molar-refractivity contribution is 0.140. The first kappa shape index (κ1) is 10.7. The lowest BCUT2D eigenvalue weighted by atomic mass is 10.1. The fraction of sp³-hybridized carbons (Fsp3) is 0.333. The van der Waals surface area contributed by atoms with E-state index in [-0.39, 0.29) is 18.6 Å². The van der Waals surface area contributed by atoms with Crippen molar-refractivity contribution < 1.29 is 19.4 Å². The van der Waals surface area contributed by atoms with Gasteiger partial charge in [0.1, 0.15) is 0 Å². The highest BCUT2D eigenvalue weighted by molar-refractivity contribution is 5.48. The van der Waals surface area contributed by atoms with Crippen LogP contribution in [0.3, 0.4) is 0 Å². The Bertz CT molecular complexity index is 341. The van der Waals surface area contributed by atoms with Crippen molar-refractivity contribution in [1.82, 2.24) is 0 Å². The maximum absolute atomic E-state index is 13.3. The molecule has 78 valence electrons. The van der Waals surface area contributed by atoms with Gasteiger partial charge in [-0.25, -0.2) is 10.3 Å². The summed E-state index contributed by atoms with van der Waals surface area (Å²) in [5.41, 5.74) is 0.680. The summed E-state index contributed by atoms with van der Waals surface area (Å²) in [6.45, 7) is 1.72. The van der Waals surface area contributed by atoms with E-state index in [1.165, 1.54) is 6.07 Å². The van der Waals surface area contributed by atoms with E-state index in [0.29, 0.717) is 5.56 Å². The van der Waals surface area contributed by atoms with Crippen LogP contribution in [0.25, 0.3) is 0 Å². The third kappa shape index (κ3) is 1.94. The van der Waals surface area contributed by atoms with Gasteiger partial charge in [-0.15, -0.1) is 0 Å². The number of phenolic OH excluding ortho intramolecular Hbond substituents is 2. The third-order valence-electron chi connectivity index (χ3n) is 1.97. The molecule has 14 heavy (non-hydrogen) atoms. The van der Waals surface area contributed by atoms with Gasteiger partial charge in [0, 0.05) is 6.42 Å². The molecule has 0 radical (unpaired) electrons. The minimum Gasteiger partial charge on any atom is -0.504 e. The van der Waals surface area contributed by atoms with Gasteiger partial charge in [0.15, 0.2) is 17.3 Å². The van der Waals surface area contributed by atoms with Crippen LogP contribution < -0.4 is 5.90 Å². The predicted octanol–water partition coefficient (Wildman–Crippen LogP) is 0.978. The summed E-state index contributed by atoms with van der Waals surface area (Å²) in [6, 6.07) is 1.45. The van der Waals surface area contributed by atoms with E-state index in [1.54, 1.807) is 6.92 Å². The van der Waals surface area contributed by atoms with Gasteiger partial charge < -0.3 is 15.1 Å². The average Bonchev–Trinajstić information content (AvgIpc) is 2.18. The quantitative estimate of drug-likeness (QED) is 0.503. The Hall–Kier alpha value is -1.33. The molecule has 4 nitrogen and oxygen atoms in total. The molecule has 0 atom stereocenters. The average molecular weight is 201 g/mol. The van der Waals surface area contributed by atoms with E-state index in [1.807, 2.05) is 0 Å². The number of rotatable bonds is 3. The Balaban J connectivity index is 3.06. The first-order valence-corrected chi connectivity index (χ1v) is 4.09. The number of aromatic hydroxyl groups is 2. The van der Waals surface area contributed by atoms with Crippen molar-refractivity contribution >= 4 is 0 Å². The van der Waals surface area contributed by atoms with Crippen molar-refractivity contribution in [3.8, 4) is 11.5 Å². The summed E-state index contributed by atoms with van der Waals surface area (Å²) in [7, 11) is 0. The first-order valence-electron chi connectivity index (χ1n) is 4.09. The highest BCUT2D eigenvalue weighted by Gasteiger charge is 2.14. The van der Waals surface area contributed by atoms with Crippen molar-refractivity contribution in [2.45, 2.75) is 13.3 Å². The largest absolute Gasteiger partial charge is 0.504 e. The summed E-state index contributed by atoms with van der Waals surface area (Å²) < 4.78 is 13.3. The van der Waals surface area contributed by atoms with Gasteiger partial charge in [-0.1, -0.05) is 0 Å². The monoisotopic (exact) mass is 201 g/mol. The molecule has 0 aliphatic heterocycles. The Morgan fingerprint density at radius 3 is 2.64 bits per heavy atom. The lowest BCUT2D eigenvalue weighted by Crippen LogP contribution is -2.05. The minimum absolute atomic E-state index is 0.153. The van der Waals surface area contributed by atoms with Crippen LogP contribution in [0, 0.1) is 12.7 Å². The molecule has 1 aromatic rings. The Morgan fingerprint density at radius 2 is 2.07 bits per heavy atom. The molecular weight excluding hydrogens is 189 g/mol. The van der Waals surface area contributed by atoms with E-state index >= 15 is 0 Å². The summed E-state index contributed by atoms with van der Waals surface area (Å²) in [6.07, 6.45) is 0.247. The lowest BCUT2D eigenvalue weighted by Gasteiger charge is -2.08. The molecule has 0 spiro atoms. The van der Waals surface area contributed by atoms with Crippen LogP contribution in [0.2, 0.25) is 0 Å². The van der Waals surface area contributed by atoms with Gasteiger partial charge in [-0.05, 0) is 24.1 Å². The maximum Gasteiger partial charge on any atom is 0.194 e. The number of hydrogen-bond acceptors (Lipinski definition) is 4. The molecule has 1 aromatic carbocycles. The van der Waals surface area contributed by atoms with Gasteiger partial charge in [-0.3, -0.25) is 0 Å². The first-order chi connectivity index (χ1) is 6.57. The molecule has 0 amide bonds. The van der Waals surface area contributed by atoms with E-state index in [9.17, 15) is 14.6 Å². The fourth-order valence-corrected chi connectivity index (χ4v) is 1.19. The number of hydrogen-bond donors (Lipinski definition) is 3. The zero-order valence-electron chi connectivity index (χ0n) is 7.75. The third-order valence-corrected chi connectivity index (χ3v) is 1.97. The molecule has 0 aliphatic carbocycles. The van der Waals surface area contributed by atoms with E-state index in [0.717, 1.165) is 0 Å². The molecule has 5 heteroatoms. The molecule has 1 rings (SSSR count). The van der Waals surface area contributed by atoms with Crippen LogP contribution in [0.15, 0.2) is 6.07 Å². The topological polar surface area (TPSA) is 75.7 Å². The molecule has 0 heterocycles. The number of nitrogens with two attached hydrogens (primary N) is 1. The van der Waals surface area contributed by atoms with Crippen LogP contribution in [0.4, 0.5) is 4.39 Å². The standard InChI is InChI=1S/C9H12FNO3/c1-5-4-6(2-3-14-11)7(10)9(13)8(5)12/h4,12-13H,2-3,11H2,1H3. The molecule has 4 N–H and O–H groups in total. The second kappa shape index (κ2) is 4.26. The van der Waals surface area contributed by atoms with Crippen LogP contribution in [-0.4, -0.2) is 16.8 Å². The van der Waals surface area contributed by atoms with Gasteiger partial charge in [0.25, 0.3) is 0 Å². The fourth-order valence-electron chi connectivity index (χ4n) is 1.19. The Morgan fingerprint density at radius 1 is 1.43 bits per heavy atom. The molecule has 0 aromatic heterocycles. The van der Waals surface area contributed by atoms with Crippen LogP contribution in [-0.2, 0) is 11.3 Å². The Kier molecular flexibility index (Phi) is 3.27. The molecular formula is C9H12FNO3. The molecule has 0 bridgehead atoms. The predicted molar refractivity (Wildman–Crippen MR) is 48.3 cm³/mol. The van der Waals surface area contributed by atoms with Crippen molar-refractivity contribution in [1.29, 1.82) is 0 Å². The van der Waals surface area contributed by atoms with Crippen molar-refractivity contribution in [2.24, 2.45) is 5.90 Å². The SMILES string of the molecule is Cc1cc(CCON)c(F)c(O)c1O. The van der Waals surface area contributed by atoms with Gasteiger partial charge in [0.2, 0.25) is 0 Å². The van der Waals surface area contributed by atoms with E-state index < -0.39 is 17.3 Å². The number of aryl methyl sites for hydroxylation is 1. The second-order valence-electron chi connectivity index (χ2n) is 2.98. The molecule has 0 unspecified atom stereocenters. The van der Waals surface area contributed by atoms with Crippen molar-refractivity contribution in [3.63, 3.8) is 0 Å². The highest BCUT2D eigenvalue weighted by Crippen LogP contribution is 2.33. The van der Waals surface area contributed by atoms with E-state index in [4.69, 9.17) is 5.90 Å². The maximum atomic E-state index is 13.3. The minimum atomic E-state index is -0.829. The normalized spacial score (nSPS) is 10.5. The summed E-state index contributed by atoms with van der Waals surface area (Å²) in [5, 5.41) is 18.4. The Labute approximate surface area is 80.7 Å². The van der Waals surface area contributed by atoms with Crippen molar-refractivity contribution in [2.75, 3.05) is 6.61 Å². The zero-order valence-corrected chi connectivity index (χ0v) is 7.75. The van der Waals surface area contributed by atoms with Gasteiger partial charge >= 0.3 is 0 Å². The van der Waals surface area contributed by atoms with Gasteiger partial charge in [-0.2, -0.15) is 0 Å². The smallest absolute Gasteiger partial charge is 0.194 e. The van der Waals surface area contributed by atoms with Crippen LogP contribution >= 0.6 is 0 Å². The summed E-state index contributed by atoms with van der Waals surface area (Å²) in [4.78, 5) is 4.30. The molecule has 0 fully saturated rings. The summed E-state index contributed by atoms with van der Waals surface area (Å²) >= 11 is 0.